The van der Waals surface area contributed by atoms with Crippen molar-refractivity contribution in [3.63, 3.8) is 0 Å². The molecule has 5 heteroatoms. The van der Waals surface area contributed by atoms with Crippen LogP contribution in [0.4, 0.5) is 5.82 Å². The first kappa shape index (κ1) is 14.5. The molecule has 1 heterocycles. The zero-order valence-corrected chi connectivity index (χ0v) is 12.9. The molecule has 0 saturated carbocycles. The molecule has 0 amide bonds. The fourth-order valence-electron chi connectivity index (χ4n) is 2.37. The minimum Gasteiger partial charge on any atom is -0.263 e. The van der Waals surface area contributed by atoms with Crippen molar-refractivity contribution in [2.24, 2.45) is 0 Å². The van der Waals surface area contributed by atoms with Crippen molar-refractivity contribution in [3.05, 3.63) is 52.7 Å². The Morgan fingerprint density at radius 1 is 0.950 bits per heavy atom. The second-order valence-corrected chi connectivity index (χ2v) is 6.67. The SMILES string of the molecule is Cc1ccnc(NS(=O)(=O)c2c(C)cc(C)cc2C)c1. The highest BCUT2D eigenvalue weighted by molar-refractivity contribution is 7.92. The third-order valence-electron chi connectivity index (χ3n) is 3.03. The van der Waals surface area contributed by atoms with Crippen LogP contribution in [0.5, 0.6) is 0 Å². The number of benzene rings is 1. The minimum absolute atomic E-state index is 0.325. The molecule has 0 aliphatic rings. The zero-order valence-electron chi connectivity index (χ0n) is 12.1. The number of nitrogens with zero attached hydrogens (tertiary/aromatic N) is 1. The van der Waals surface area contributed by atoms with Crippen LogP contribution in [0.2, 0.25) is 0 Å². The Bertz CT molecular complexity index is 729. The lowest BCUT2D eigenvalue weighted by atomic mass is 10.1. The van der Waals surface area contributed by atoms with Crippen molar-refractivity contribution >= 4 is 15.8 Å². The van der Waals surface area contributed by atoms with E-state index in [2.05, 4.69) is 9.71 Å². The van der Waals surface area contributed by atoms with Gasteiger partial charge in [0.15, 0.2) is 0 Å². The number of rotatable bonds is 3. The third-order valence-corrected chi connectivity index (χ3v) is 4.69. The maximum Gasteiger partial charge on any atom is 0.263 e. The molecule has 20 heavy (non-hydrogen) atoms. The number of aromatic nitrogens is 1. The first-order chi connectivity index (χ1) is 9.29. The highest BCUT2D eigenvalue weighted by Crippen LogP contribution is 2.23. The average molecular weight is 290 g/mol. The van der Waals surface area contributed by atoms with Crippen LogP contribution in [0.1, 0.15) is 22.3 Å². The van der Waals surface area contributed by atoms with E-state index in [1.165, 1.54) is 0 Å². The lowest BCUT2D eigenvalue weighted by Crippen LogP contribution is -2.16. The Labute approximate surface area is 119 Å². The van der Waals surface area contributed by atoms with Gasteiger partial charge in [-0.1, -0.05) is 17.7 Å². The number of anilines is 1. The average Bonchev–Trinajstić information content (AvgIpc) is 2.25. The normalized spacial score (nSPS) is 11.4. The molecule has 0 saturated heterocycles. The molecule has 0 spiro atoms. The van der Waals surface area contributed by atoms with E-state index in [0.29, 0.717) is 10.7 Å². The van der Waals surface area contributed by atoms with Crippen molar-refractivity contribution in [1.82, 2.24) is 4.98 Å². The highest BCUT2D eigenvalue weighted by Gasteiger charge is 2.20. The predicted octanol–water partition coefficient (Wildman–Crippen LogP) is 3.12. The Hall–Kier alpha value is -1.88. The van der Waals surface area contributed by atoms with E-state index < -0.39 is 10.0 Å². The summed E-state index contributed by atoms with van der Waals surface area (Å²) >= 11 is 0. The molecular formula is C15H18N2O2S. The first-order valence-electron chi connectivity index (χ1n) is 6.33. The summed E-state index contributed by atoms with van der Waals surface area (Å²) in [5, 5.41) is 0. The number of hydrogen-bond acceptors (Lipinski definition) is 3. The van der Waals surface area contributed by atoms with E-state index in [9.17, 15) is 8.42 Å². The number of nitrogens with one attached hydrogen (secondary N) is 1. The molecular weight excluding hydrogens is 272 g/mol. The summed E-state index contributed by atoms with van der Waals surface area (Å²) in [5.74, 6) is 0.337. The monoisotopic (exact) mass is 290 g/mol. The van der Waals surface area contributed by atoms with Crippen molar-refractivity contribution < 1.29 is 8.42 Å². The van der Waals surface area contributed by atoms with Gasteiger partial charge in [-0.25, -0.2) is 13.4 Å². The molecule has 2 rings (SSSR count). The Morgan fingerprint density at radius 2 is 1.55 bits per heavy atom. The van der Waals surface area contributed by atoms with Gasteiger partial charge in [0.05, 0.1) is 4.90 Å². The van der Waals surface area contributed by atoms with Gasteiger partial charge in [-0.3, -0.25) is 4.72 Å². The number of hydrogen-bond donors (Lipinski definition) is 1. The fourth-order valence-corrected chi connectivity index (χ4v) is 3.83. The molecule has 0 aliphatic carbocycles. The molecule has 0 radical (unpaired) electrons. The van der Waals surface area contributed by atoms with Crippen molar-refractivity contribution in [2.45, 2.75) is 32.6 Å². The van der Waals surface area contributed by atoms with Crippen LogP contribution in [-0.2, 0) is 10.0 Å². The summed E-state index contributed by atoms with van der Waals surface area (Å²) in [4.78, 5) is 4.36. The molecule has 1 aromatic heterocycles. The van der Waals surface area contributed by atoms with Crippen LogP contribution in [0.15, 0.2) is 35.4 Å². The topological polar surface area (TPSA) is 59.1 Å². The van der Waals surface area contributed by atoms with Gasteiger partial charge in [0.25, 0.3) is 10.0 Å². The lowest BCUT2D eigenvalue weighted by Gasteiger charge is -2.13. The maximum atomic E-state index is 12.5. The fraction of sp³-hybridized carbons (Fsp3) is 0.267. The number of aryl methyl sites for hydroxylation is 4. The minimum atomic E-state index is -3.62. The van der Waals surface area contributed by atoms with Gasteiger partial charge in [0, 0.05) is 6.20 Å². The summed E-state index contributed by atoms with van der Waals surface area (Å²) in [6, 6.07) is 7.26. The quantitative estimate of drug-likeness (QED) is 0.945. The first-order valence-corrected chi connectivity index (χ1v) is 7.81. The van der Waals surface area contributed by atoms with Crippen LogP contribution in [0.3, 0.4) is 0 Å². The third kappa shape index (κ3) is 2.99. The highest BCUT2D eigenvalue weighted by atomic mass is 32.2. The van der Waals surface area contributed by atoms with Crippen LogP contribution >= 0.6 is 0 Å². The molecule has 0 unspecified atom stereocenters. The summed E-state index contributed by atoms with van der Waals surface area (Å²) in [6.07, 6.45) is 1.59. The van der Waals surface area contributed by atoms with Crippen LogP contribution in [0, 0.1) is 27.7 Å². The molecule has 0 fully saturated rings. The number of sulfonamides is 1. The molecule has 0 aliphatic heterocycles. The van der Waals surface area contributed by atoms with Crippen LogP contribution in [0.25, 0.3) is 0 Å². The Morgan fingerprint density at radius 3 is 2.10 bits per heavy atom. The second kappa shape index (κ2) is 5.25. The Balaban J connectivity index is 2.46. The van der Waals surface area contributed by atoms with Gasteiger partial charge in [-0.2, -0.15) is 0 Å². The largest absolute Gasteiger partial charge is 0.263 e. The smallest absolute Gasteiger partial charge is 0.263 e. The standard InChI is InChI=1S/C15H18N2O2S/c1-10-5-6-16-14(9-10)17-20(18,19)15-12(3)7-11(2)8-13(15)4/h5-9H,1-4H3,(H,16,17). The van der Waals surface area contributed by atoms with E-state index in [-0.39, 0.29) is 0 Å². The molecule has 1 aromatic carbocycles. The summed E-state index contributed by atoms with van der Waals surface area (Å²) in [7, 11) is -3.62. The van der Waals surface area contributed by atoms with Gasteiger partial charge in [-0.15, -0.1) is 0 Å². The second-order valence-electron chi connectivity index (χ2n) is 5.05. The van der Waals surface area contributed by atoms with Gasteiger partial charge < -0.3 is 0 Å². The molecule has 1 N–H and O–H groups in total. The molecule has 4 nitrogen and oxygen atoms in total. The van der Waals surface area contributed by atoms with Gasteiger partial charge >= 0.3 is 0 Å². The lowest BCUT2D eigenvalue weighted by molar-refractivity contribution is 0.600. The zero-order chi connectivity index (χ0) is 14.9. The van der Waals surface area contributed by atoms with Crippen molar-refractivity contribution in [2.75, 3.05) is 4.72 Å². The van der Waals surface area contributed by atoms with E-state index in [1.54, 1.807) is 26.1 Å². The van der Waals surface area contributed by atoms with E-state index in [0.717, 1.165) is 22.3 Å². The predicted molar refractivity (Wildman–Crippen MR) is 80.4 cm³/mol. The molecule has 0 bridgehead atoms. The number of pyridine rings is 1. The van der Waals surface area contributed by atoms with Gasteiger partial charge in [0.2, 0.25) is 0 Å². The van der Waals surface area contributed by atoms with Crippen LogP contribution in [-0.4, -0.2) is 13.4 Å². The maximum absolute atomic E-state index is 12.5. The van der Waals surface area contributed by atoms with Crippen molar-refractivity contribution in [3.8, 4) is 0 Å². The molecule has 106 valence electrons. The Kier molecular flexibility index (Phi) is 3.81. The van der Waals surface area contributed by atoms with Gasteiger partial charge in [0.1, 0.15) is 5.82 Å². The summed E-state index contributed by atoms with van der Waals surface area (Å²) in [5.41, 5.74) is 3.48. The van der Waals surface area contributed by atoms with Crippen LogP contribution < -0.4 is 4.72 Å². The summed E-state index contributed by atoms with van der Waals surface area (Å²) < 4.78 is 27.6. The molecule has 0 atom stereocenters. The molecule has 2 aromatic rings. The van der Waals surface area contributed by atoms with E-state index in [4.69, 9.17) is 0 Å². The van der Waals surface area contributed by atoms with E-state index >= 15 is 0 Å². The van der Waals surface area contributed by atoms with Gasteiger partial charge in [-0.05, 0) is 56.5 Å². The summed E-state index contributed by atoms with van der Waals surface area (Å²) in [6.45, 7) is 7.45. The van der Waals surface area contributed by atoms with Crippen molar-refractivity contribution in [1.29, 1.82) is 0 Å². The van der Waals surface area contributed by atoms with E-state index in [1.807, 2.05) is 32.0 Å².